The quantitative estimate of drug-likeness (QED) is 0.328. The zero-order chi connectivity index (χ0) is 25.8. The van der Waals surface area contributed by atoms with E-state index in [9.17, 15) is 18.0 Å². The van der Waals surface area contributed by atoms with Crippen LogP contribution in [-0.4, -0.2) is 65.8 Å². The van der Waals surface area contributed by atoms with Crippen molar-refractivity contribution in [1.82, 2.24) is 9.80 Å². The van der Waals surface area contributed by atoms with Gasteiger partial charge < -0.3 is 9.64 Å². The second-order valence-corrected chi connectivity index (χ2v) is 10.0. The molecule has 0 radical (unpaired) electrons. The molecule has 192 valence electrons. The van der Waals surface area contributed by atoms with Gasteiger partial charge in [-0.2, -0.15) is 18.4 Å². The van der Waals surface area contributed by atoms with Crippen molar-refractivity contribution >= 4 is 28.9 Å². The number of unbranched alkanes of at least 4 members (excludes halogenated alkanes) is 3. The molecule has 0 spiro atoms. The van der Waals surface area contributed by atoms with Crippen molar-refractivity contribution in [3.8, 4) is 6.07 Å². The highest BCUT2D eigenvalue weighted by Crippen LogP contribution is 2.38. The first kappa shape index (κ1) is 27.4. The number of nitriles is 1. The average molecular weight is 511 g/mol. The van der Waals surface area contributed by atoms with Crippen molar-refractivity contribution in [2.24, 2.45) is 0 Å². The number of carbonyl (C=O) groups excluding carboxylic acids is 1. The number of carbonyl (C=O) groups is 1. The molecule has 1 aromatic rings. The van der Waals surface area contributed by atoms with Crippen LogP contribution in [-0.2, 0) is 15.7 Å². The van der Waals surface area contributed by atoms with E-state index >= 15 is 0 Å². The predicted molar refractivity (Wildman–Crippen MR) is 132 cm³/mol. The maximum Gasteiger partial charge on any atom is 0.417 e. The average Bonchev–Trinajstić information content (AvgIpc) is 3.30. The Hall–Kier alpha value is -2.22. The van der Waals surface area contributed by atoms with Gasteiger partial charge in [-0.3, -0.25) is 14.6 Å². The predicted octanol–water partition coefficient (Wildman–Crippen LogP) is 4.96. The Morgan fingerprint density at radius 2 is 1.89 bits per heavy atom. The molecular formula is C25H33F3N4O2S. The molecule has 1 amide bonds. The van der Waals surface area contributed by atoms with Crippen LogP contribution in [0.5, 0.6) is 0 Å². The van der Waals surface area contributed by atoms with Crippen molar-refractivity contribution < 1.29 is 22.7 Å². The van der Waals surface area contributed by atoms with Crippen LogP contribution in [0, 0.1) is 11.3 Å². The molecule has 0 aliphatic carbocycles. The number of amides is 1. The van der Waals surface area contributed by atoms with Gasteiger partial charge in [0.05, 0.1) is 29.5 Å². The molecule has 1 aromatic carbocycles. The third kappa shape index (κ3) is 5.96. The summed E-state index contributed by atoms with van der Waals surface area (Å²) in [4.78, 5) is 18.6. The normalized spacial score (nSPS) is 20.7. The molecule has 2 fully saturated rings. The summed E-state index contributed by atoms with van der Waals surface area (Å²) in [6, 6.07) is 5.33. The molecular weight excluding hydrogens is 477 g/mol. The van der Waals surface area contributed by atoms with Gasteiger partial charge in [0.25, 0.3) is 5.91 Å². The van der Waals surface area contributed by atoms with E-state index < -0.39 is 22.8 Å². The molecule has 0 saturated carbocycles. The van der Waals surface area contributed by atoms with Gasteiger partial charge in [-0.1, -0.05) is 12.8 Å². The molecule has 3 rings (SSSR count). The van der Waals surface area contributed by atoms with Crippen LogP contribution in [0.1, 0.15) is 63.5 Å². The van der Waals surface area contributed by atoms with Gasteiger partial charge in [0.15, 0.2) is 5.11 Å². The second-order valence-electron chi connectivity index (χ2n) is 9.67. The van der Waals surface area contributed by atoms with Crippen LogP contribution in [0.25, 0.3) is 0 Å². The van der Waals surface area contributed by atoms with E-state index in [1.54, 1.807) is 31.9 Å². The fourth-order valence-electron chi connectivity index (χ4n) is 4.95. The summed E-state index contributed by atoms with van der Waals surface area (Å²) in [6.45, 7) is 6.96. The largest absolute Gasteiger partial charge is 0.417 e. The third-order valence-electron chi connectivity index (χ3n) is 6.95. The molecule has 6 nitrogen and oxygen atoms in total. The van der Waals surface area contributed by atoms with E-state index in [-0.39, 0.29) is 16.7 Å². The minimum absolute atomic E-state index is 0.0260. The van der Waals surface area contributed by atoms with Crippen molar-refractivity contribution in [1.29, 1.82) is 5.26 Å². The monoisotopic (exact) mass is 510 g/mol. The lowest BCUT2D eigenvalue weighted by atomic mass is 10.0. The summed E-state index contributed by atoms with van der Waals surface area (Å²) in [5.41, 5.74) is -2.50. The highest BCUT2D eigenvalue weighted by molar-refractivity contribution is 7.80. The van der Waals surface area contributed by atoms with Gasteiger partial charge in [-0.05, 0) is 83.0 Å². The number of nitrogens with zero attached hydrogens (tertiary/aromatic N) is 4. The number of benzene rings is 1. The molecule has 10 heteroatoms. The Morgan fingerprint density at radius 3 is 2.51 bits per heavy atom. The maximum atomic E-state index is 13.4. The number of anilines is 1. The molecule has 0 unspecified atom stereocenters. The van der Waals surface area contributed by atoms with E-state index in [2.05, 4.69) is 4.90 Å². The van der Waals surface area contributed by atoms with Gasteiger partial charge in [-0.25, -0.2) is 0 Å². The number of methoxy groups -OCH3 is 1. The highest BCUT2D eigenvalue weighted by Gasteiger charge is 2.49. The Labute approximate surface area is 210 Å². The number of thiocarbonyl (C=S) groups is 1. The van der Waals surface area contributed by atoms with Crippen LogP contribution in [0.15, 0.2) is 18.2 Å². The molecule has 2 aliphatic heterocycles. The maximum absolute atomic E-state index is 13.4. The lowest BCUT2D eigenvalue weighted by Gasteiger charge is -2.29. The highest BCUT2D eigenvalue weighted by atomic mass is 32.1. The molecule has 2 heterocycles. The SMILES string of the molecule is COC[C@H]1CCCN1CCCCCCN1C(=S)N(c2ccc(C#N)c(C(F)(F)F)c2)C(=O)C1(C)C. The van der Waals surface area contributed by atoms with Crippen molar-refractivity contribution in [3.05, 3.63) is 29.3 Å². The Kier molecular flexibility index (Phi) is 8.78. The van der Waals surface area contributed by atoms with E-state index in [1.165, 1.54) is 18.9 Å². The zero-order valence-corrected chi connectivity index (χ0v) is 21.3. The van der Waals surface area contributed by atoms with Crippen LogP contribution >= 0.6 is 12.2 Å². The van der Waals surface area contributed by atoms with E-state index in [0.29, 0.717) is 12.6 Å². The minimum atomic E-state index is -4.71. The first-order valence-corrected chi connectivity index (χ1v) is 12.4. The number of halogens is 3. The lowest BCUT2D eigenvalue weighted by Crippen LogP contribution is -2.44. The standard InChI is InChI=1S/C25H33F3N4O2S/c1-24(2)22(33)32(19-11-10-18(16-29)21(15-19)25(26,27)28)23(35)31(24)14-7-5-4-6-12-30-13-8-9-20(30)17-34-3/h10-11,15,20H,4-9,12-14,17H2,1-3H3/t20-/m1/s1. The summed E-state index contributed by atoms with van der Waals surface area (Å²) >= 11 is 5.55. The van der Waals surface area contributed by atoms with E-state index in [1.807, 2.05) is 0 Å². The summed E-state index contributed by atoms with van der Waals surface area (Å²) in [7, 11) is 1.74. The van der Waals surface area contributed by atoms with Gasteiger partial charge in [0.2, 0.25) is 0 Å². The number of ether oxygens (including phenoxy) is 1. The summed E-state index contributed by atoms with van der Waals surface area (Å²) in [5.74, 6) is -0.376. The number of alkyl halides is 3. The summed E-state index contributed by atoms with van der Waals surface area (Å²) in [6.07, 6.45) is 1.63. The number of hydrogen-bond donors (Lipinski definition) is 0. The van der Waals surface area contributed by atoms with Gasteiger partial charge >= 0.3 is 6.18 Å². The molecule has 2 aliphatic rings. The van der Waals surface area contributed by atoms with Crippen LogP contribution in [0.3, 0.4) is 0 Å². The molecule has 2 saturated heterocycles. The van der Waals surface area contributed by atoms with Crippen molar-refractivity contribution in [2.45, 2.75) is 70.1 Å². The molecule has 0 aromatic heterocycles. The summed E-state index contributed by atoms with van der Waals surface area (Å²) < 4.78 is 45.6. The van der Waals surface area contributed by atoms with E-state index in [4.69, 9.17) is 22.2 Å². The zero-order valence-electron chi connectivity index (χ0n) is 20.5. The molecule has 0 N–H and O–H groups in total. The lowest BCUT2D eigenvalue weighted by molar-refractivity contribution is -0.137. The Balaban J connectivity index is 1.59. The fraction of sp³-hybridized carbons (Fsp3) is 0.640. The first-order valence-electron chi connectivity index (χ1n) is 12.0. The van der Waals surface area contributed by atoms with Crippen LogP contribution < -0.4 is 4.90 Å². The second kappa shape index (κ2) is 11.2. The van der Waals surface area contributed by atoms with Gasteiger partial charge in [0.1, 0.15) is 5.54 Å². The van der Waals surface area contributed by atoms with E-state index in [0.717, 1.165) is 62.4 Å². The third-order valence-corrected chi connectivity index (χ3v) is 7.35. The van der Waals surface area contributed by atoms with Crippen LogP contribution in [0.4, 0.5) is 18.9 Å². The Morgan fingerprint density at radius 1 is 1.20 bits per heavy atom. The topological polar surface area (TPSA) is 59.8 Å². The van der Waals surface area contributed by atoms with Crippen LogP contribution in [0.2, 0.25) is 0 Å². The fourth-order valence-corrected chi connectivity index (χ4v) is 5.46. The summed E-state index contributed by atoms with van der Waals surface area (Å²) in [5, 5.41) is 9.24. The Bertz CT molecular complexity index is 976. The first-order chi connectivity index (χ1) is 16.5. The van der Waals surface area contributed by atoms with Gasteiger partial charge in [-0.15, -0.1) is 0 Å². The van der Waals surface area contributed by atoms with Crippen molar-refractivity contribution in [2.75, 3.05) is 38.3 Å². The van der Waals surface area contributed by atoms with Crippen molar-refractivity contribution in [3.63, 3.8) is 0 Å². The number of hydrogen-bond acceptors (Lipinski definition) is 5. The smallest absolute Gasteiger partial charge is 0.383 e. The molecule has 35 heavy (non-hydrogen) atoms. The number of rotatable bonds is 10. The molecule has 0 bridgehead atoms. The minimum Gasteiger partial charge on any atom is -0.383 e. The van der Waals surface area contributed by atoms with Gasteiger partial charge in [0, 0.05) is 19.7 Å². The number of likely N-dealkylation sites (tertiary alicyclic amines) is 1. The molecule has 1 atom stereocenters.